The quantitative estimate of drug-likeness (QED) is 0.865. The third kappa shape index (κ3) is 4.92. The van der Waals surface area contributed by atoms with Crippen molar-refractivity contribution in [1.82, 2.24) is 15.2 Å². The molecule has 1 aromatic heterocycles. The summed E-state index contributed by atoms with van der Waals surface area (Å²) in [5.74, 6) is 0.790. The molecule has 144 valence electrons. The number of hydrogen-bond acceptors (Lipinski definition) is 3. The van der Waals surface area contributed by atoms with E-state index < -0.39 is 0 Å². The summed E-state index contributed by atoms with van der Waals surface area (Å²) in [4.78, 5) is 20.8. The van der Waals surface area contributed by atoms with Crippen LogP contribution >= 0.6 is 11.6 Å². The SMILES string of the molecule is CC(C)(C)c1ccc(CNC(=O)N2CCN(c3ncccc3Cl)CC2)cc1. The molecule has 0 bridgehead atoms. The van der Waals surface area contributed by atoms with Crippen LogP contribution in [0.2, 0.25) is 5.02 Å². The molecule has 0 radical (unpaired) electrons. The van der Waals surface area contributed by atoms with Gasteiger partial charge in [0, 0.05) is 38.9 Å². The van der Waals surface area contributed by atoms with E-state index in [1.807, 2.05) is 17.0 Å². The topological polar surface area (TPSA) is 48.5 Å². The molecule has 1 saturated heterocycles. The molecule has 1 fully saturated rings. The maximum Gasteiger partial charge on any atom is 0.317 e. The number of urea groups is 1. The number of pyridine rings is 1. The Labute approximate surface area is 166 Å². The molecule has 0 atom stereocenters. The van der Waals surface area contributed by atoms with Gasteiger partial charge < -0.3 is 15.1 Å². The fourth-order valence-corrected chi connectivity index (χ4v) is 3.38. The molecule has 0 unspecified atom stereocenters. The Hall–Kier alpha value is -2.27. The fraction of sp³-hybridized carbons (Fsp3) is 0.429. The fourth-order valence-electron chi connectivity index (χ4n) is 3.14. The Morgan fingerprint density at radius 1 is 1.11 bits per heavy atom. The maximum absolute atomic E-state index is 12.5. The molecule has 0 saturated carbocycles. The number of hydrogen-bond donors (Lipinski definition) is 1. The number of nitrogens with zero attached hydrogens (tertiary/aromatic N) is 3. The van der Waals surface area contributed by atoms with Crippen molar-refractivity contribution in [2.75, 3.05) is 31.1 Å². The van der Waals surface area contributed by atoms with Crippen molar-refractivity contribution >= 4 is 23.4 Å². The first-order valence-corrected chi connectivity index (χ1v) is 9.70. The van der Waals surface area contributed by atoms with Crippen LogP contribution in [0.15, 0.2) is 42.6 Å². The minimum atomic E-state index is -0.0262. The highest BCUT2D eigenvalue weighted by Gasteiger charge is 2.23. The van der Waals surface area contributed by atoms with Crippen LogP contribution in [0.5, 0.6) is 0 Å². The Balaban J connectivity index is 1.49. The molecule has 0 spiro atoms. The van der Waals surface area contributed by atoms with E-state index in [9.17, 15) is 4.79 Å². The van der Waals surface area contributed by atoms with Crippen LogP contribution in [0.4, 0.5) is 10.6 Å². The maximum atomic E-state index is 12.5. The van der Waals surface area contributed by atoms with Gasteiger partial charge in [-0.25, -0.2) is 9.78 Å². The van der Waals surface area contributed by atoms with Crippen LogP contribution in [-0.2, 0) is 12.0 Å². The van der Waals surface area contributed by atoms with E-state index >= 15 is 0 Å². The number of nitrogens with one attached hydrogen (secondary N) is 1. The summed E-state index contributed by atoms with van der Waals surface area (Å²) >= 11 is 6.22. The lowest BCUT2D eigenvalue weighted by Crippen LogP contribution is -2.52. The predicted molar refractivity (Wildman–Crippen MR) is 110 cm³/mol. The number of aromatic nitrogens is 1. The largest absolute Gasteiger partial charge is 0.352 e. The third-order valence-corrected chi connectivity index (χ3v) is 5.16. The van der Waals surface area contributed by atoms with E-state index in [2.05, 4.69) is 60.2 Å². The van der Waals surface area contributed by atoms with Crippen molar-refractivity contribution in [3.8, 4) is 0 Å². The molecule has 1 N–H and O–H groups in total. The number of carbonyl (C=O) groups excluding carboxylic acids is 1. The Morgan fingerprint density at radius 3 is 2.37 bits per heavy atom. The number of benzene rings is 1. The van der Waals surface area contributed by atoms with Crippen molar-refractivity contribution in [3.63, 3.8) is 0 Å². The van der Waals surface area contributed by atoms with Gasteiger partial charge in [-0.1, -0.05) is 56.6 Å². The van der Waals surface area contributed by atoms with Crippen LogP contribution in [0.3, 0.4) is 0 Å². The Kier molecular flexibility index (Phi) is 5.90. The molecule has 0 aliphatic carbocycles. The van der Waals surface area contributed by atoms with Crippen LogP contribution in [-0.4, -0.2) is 42.1 Å². The lowest BCUT2D eigenvalue weighted by atomic mass is 9.87. The highest BCUT2D eigenvalue weighted by atomic mass is 35.5. The second-order valence-electron chi connectivity index (χ2n) is 7.89. The summed E-state index contributed by atoms with van der Waals surface area (Å²) in [6.45, 7) is 9.89. The van der Waals surface area contributed by atoms with E-state index in [-0.39, 0.29) is 11.4 Å². The van der Waals surface area contributed by atoms with E-state index in [1.54, 1.807) is 6.20 Å². The molecule has 1 aliphatic heterocycles. The predicted octanol–water partition coefficient (Wildman–Crippen LogP) is 4.06. The number of carbonyl (C=O) groups is 1. The van der Waals surface area contributed by atoms with Gasteiger partial charge in [-0.05, 0) is 28.7 Å². The number of halogens is 1. The van der Waals surface area contributed by atoms with E-state index in [0.29, 0.717) is 24.7 Å². The minimum Gasteiger partial charge on any atom is -0.352 e. The standard InChI is InChI=1S/C21H27ClN4O/c1-21(2,3)17-8-6-16(7-9-17)15-24-20(27)26-13-11-25(12-14-26)19-18(22)5-4-10-23-19/h4-10H,11-15H2,1-3H3,(H,24,27). The summed E-state index contributed by atoms with van der Waals surface area (Å²) in [5, 5.41) is 3.67. The second-order valence-corrected chi connectivity index (χ2v) is 8.30. The van der Waals surface area contributed by atoms with Gasteiger partial charge in [-0.3, -0.25) is 0 Å². The molecule has 2 amide bonds. The Bertz CT molecular complexity index is 778. The van der Waals surface area contributed by atoms with Gasteiger partial charge in [0.25, 0.3) is 0 Å². The van der Waals surface area contributed by atoms with Gasteiger partial charge in [0.05, 0.1) is 5.02 Å². The Morgan fingerprint density at radius 2 is 1.78 bits per heavy atom. The first-order chi connectivity index (χ1) is 12.8. The van der Waals surface area contributed by atoms with Crippen molar-refractivity contribution in [1.29, 1.82) is 0 Å². The molecule has 1 aromatic carbocycles. The zero-order valence-electron chi connectivity index (χ0n) is 16.2. The monoisotopic (exact) mass is 386 g/mol. The summed E-state index contributed by atoms with van der Waals surface area (Å²) in [6.07, 6.45) is 1.74. The first-order valence-electron chi connectivity index (χ1n) is 9.32. The van der Waals surface area contributed by atoms with Crippen LogP contribution in [0.25, 0.3) is 0 Å². The third-order valence-electron chi connectivity index (χ3n) is 4.87. The molecule has 27 heavy (non-hydrogen) atoms. The van der Waals surface area contributed by atoms with Gasteiger partial charge in [-0.2, -0.15) is 0 Å². The number of piperazine rings is 1. The van der Waals surface area contributed by atoms with Gasteiger partial charge in [0.15, 0.2) is 0 Å². The molecule has 2 aromatic rings. The molecule has 3 rings (SSSR count). The average molecular weight is 387 g/mol. The highest BCUT2D eigenvalue weighted by molar-refractivity contribution is 6.32. The van der Waals surface area contributed by atoms with Crippen molar-refractivity contribution in [2.24, 2.45) is 0 Å². The summed E-state index contributed by atoms with van der Waals surface area (Å²) in [6, 6.07) is 12.1. The summed E-state index contributed by atoms with van der Waals surface area (Å²) in [7, 11) is 0. The van der Waals surface area contributed by atoms with Crippen molar-refractivity contribution in [2.45, 2.75) is 32.7 Å². The first kappa shape index (κ1) is 19.5. The van der Waals surface area contributed by atoms with Gasteiger partial charge >= 0.3 is 6.03 Å². The highest BCUT2D eigenvalue weighted by Crippen LogP contribution is 2.24. The number of rotatable bonds is 3. The lowest BCUT2D eigenvalue weighted by Gasteiger charge is -2.35. The smallest absolute Gasteiger partial charge is 0.317 e. The molecular weight excluding hydrogens is 360 g/mol. The minimum absolute atomic E-state index is 0.0262. The zero-order valence-corrected chi connectivity index (χ0v) is 17.0. The van der Waals surface area contributed by atoms with E-state index in [0.717, 1.165) is 24.5 Å². The van der Waals surface area contributed by atoms with E-state index in [1.165, 1.54) is 5.56 Å². The van der Waals surface area contributed by atoms with E-state index in [4.69, 9.17) is 11.6 Å². The number of anilines is 1. The van der Waals surface area contributed by atoms with Crippen molar-refractivity contribution in [3.05, 3.63) is 58.7 Å². The average Bonchev–Trinajstić information content (AvgIpc) is 2.66. The van der Waals surface area contributed by atoms with Gasteiger partial charge in [0.2, 0.25) is 0 Å². The molecular formula is C21H27ClN4O. The van der Waals surface area contributed by atoms with Crippen LogP contribution in [0, 0.1) is 0 Å². The summed E-state index contributed by atoms with van der Waals surface area (Å²) < 4.78 is 0. The molecule has 6 heteroatoms. The van der Waals surface area contributed by atoms with Gasteiger partial charge in [-0.15, -0.1) is 0 Å². The lowest BCUT2D eigenvalue weighted by molar-refractivity contribution is 0.194. The normalized spacial score (nSPS) is 15.0. The van der Waals surface area contributed by atoms with Crippen LogP contribution in [0.1, 0.15) is 31.9 Å². The molecule has 5 nitrogen and oxygen atoms in total. The van der Waals surface area contributed by atoms with Crippen molar-refractivity contribution < 1.29 is 4.79 Å². The summed E-state index contributed by atoms with van der Waals surface area (Å²) in [5.41, 5.74) is 2.54. The molecule has 1 aliphatic rings. The zero-order chi connectivity index (χ0) is 19.4. The molecule has 2 heterocycles. The van der Waals surface area contributed by atoms with Gasteiger partial charge in [0.1, 0.15) is 5.82 Å². The van der Waals surface area contributed by atoms with Crippen LogP contribution < -0.4 is 10.2 Å². The number of amides is 2. The second kappa shape index (κ2) is 8.17.